The quantitative estimate of drug-likeness (QED) is 0.239. The van der Waals surface area contributed by atoms with Crippen LogP contribution in [0, 0.1) is 18.3 Å². The number of sulfonamides is 1. The van der Waals surface area contributed by atoms with Crippen LogP contribution in [0.15, 0.2) is 53.5 Å². The lowest BCUT2D eigenvalue weighted by atomic mass is 9.85. The van der Waals surface area contributed by atoms with Gasteiger partial charge in [-0.1, -0.05) is 39.0 Å². The van der Waals surface area contributed by atoms with Gasteiger partial charge in [0, 0.05) is 17.9 Å². The van der Waals surface area contributed by atoms with Gasteiger partial charge in [-0.15, -0.1) is 6.58 Å². The molecule has 288 valence electrons. The maximum atomic E-state index is 14.4. The van der Waals surface area contributed by atoms with E-state index < -0.39 is 85.8 Å². The summed E-state index contributed by atoms with van der Waals surface area (Å²) in [5.41, 5.74) is -2.34. The molecule has 3 aliphatic rings. The predicted octanol–water partition coefficient (Wildman–Crippen LogP) is 4.38. The van der Waals surface area contributed by atoms with Gasteiger partial charge in [-0.25, -0.2) is 18.0 Å². The van der Waals surface area contributed by atoms with Crippen LogP contribution in [0.25, 0.3) is 11.3 Å². The molecule has 4 N–H and O–H groups in total. The zero-order valence-corrected chi connectivity index (χ0v) is 31.9. The van der Waals surface area contributed by atoms with Crippen molar-refractivity contribution in [2.75, 3.05) is 11.9 Å². The normalized spacial score (nSPS) is 23.3. The maximum Gasteiger partial charge on any atom is 0.411 e. The second kappa shape index (κ2) is 14.5. The minimum atomic E-state index is -3.93. The predicted molar refractivity (Wildman–Crippen MR) is 195 cm³/mol. The number of nitrogens with one attached hydrogen (secondary N) is 4. The second-order valence-corrected chi connectivity index (χ2v) is 17.9. The zero-order chi connectivity index (χ0) is 39.1. The molecule has 15 nitrogen and oxygen atoms in total. The highest BCUT2D eigenvalue weighted by atomic mass is 32.2. The molecule has 5 rings (SSSR count). The fourth-order valence-electron chi connectivity index (χ4n) is 6.31. The van der Waals surface area contributed by atoms with Crippen molar-refractivity contribution in [3.8, 4) is 11.3 Å². The molecule has 16 heteroatoms. The summed E-state index contributed by atoms with van der Waals surface area (Å²) in [4.78, 5) is 69.4. The van der Waals surface area contributed by atoms with Crippen molar-refractivity contribution < 1.29 is 46.3 Å². The van der Waals surface area contributed by atoms with Crippen LogP contribution in [0.2, 0.25) is 0 Å². The Bertz CT molecular complexity index is 1890. The number of likely N-dealkylation sites (tertiary alicyclic amines) is 1. The highest BCUT2D eigenvalue weighted by Crippen LogP contribution is 2.45. The van der Waals surface area contributed by atoms with Crippen molar-refractivity contribution >= 4 is 45.6 Å². The molecule has 53 heavy (non-hydrogen) atoms. The van der Waals surface area contributed by atoms with E-state index in [1.54, 1.807) is 84.9 Å². The molecule has 2 aromatic rings. The Kier molecular flexibility index (Phi) is 10.8. The molecule has 1 unspecified atom stereocenters. The number of hydrogen-bond donors (Lipinski definition) is 4. The van der Waals surface area contributed by atoms with E-state index in [-0.39, 0.29) is 19.4 Å². The Hall–Kier alpha value is -4.86. The van der Waals surface area contributed by atoms with Crippen molar-refractivity contribution in [1.29, 1.82) is 0 Å². The first-order chi connectivity index (χ1) is 24.6. The fraction of sp³-hybridized carbons (Fsp3) is 0.541. The molecule has 2 saturated carbocycles. The van der Waals surface area contributed by atoms with Crippen molar-refractivity contribution in [3.63, 3.8) is 0 Å². The number of aryl methyl sites for hydroxylation is 1. The molecule has 5 amide bonds. The van der Waals surface area contributed by atoms with Crippen LogP contribution in [0.1, 0.15) is 73.0 Å². The molecule has 5 atom stereocenters. The van der Waals surface area contributed by atoms with E-state index in [1.165, 1.54) is 11.0 Å². The number of benzene rings is 1. The molecule has 1 saturated heterocycles. The maximum absolute atomic E-state index is 14.4. The van der Waals surface area contributed by atoms with E-state index in [0.717, 1.165) is 0 Å². The number of carbonyl (C=O) groups excluding carboxylic acids is 5. The number of anilines is 1. The Morgan fingerprint density at radius 1 is 1.02 bits per heavy atom. The molecule has 3 fully saturated rings. The second-order valence-electron chi connectivity index (χ2n) is 16.0. The minimum absolute atomic E-state index is 0.0939. The van der Waals surface area contributed by atoms with E-state index in [4.69, 9.17) is 13.9 Å². The lowest BCUT2D eigenvalue weighted by Crippen LogP contribution is -2.60. The summed E-state index contributed by atoms with van der Waals surface area (Å²) in [6, 6.07) is 8.05. The smallest absolute Gasteiger partial charge is 0.411 e. The molecule has 2 aliphatic carbocycles. The summed E-state index contributed by atoms with van der Waals surface area (Å²) in [7, 11) is -3.93. The number of para-hydroxylation sites is 1. The first-order valence-corrected chi connectivity index (χ1v) is 19.1. The summed E-state index contributed by atoms with van der Waals surface area (Å²) in [5, 5.41) is 7.40. The Morgan fingerprint density at radius 3 is 2.26 bits per heavy atom. The third-order valence-corrected chi connectivity index (χ3v) is 11.1. The zero-order valence-electron chi connectivity index (χ0n) is 31.1. The summed E-state index contributed by atoms with van der Waals surface area (Å²) in [5.74, 6) is -1.68. The van der Waals surface area contributed by atoms with Crippen LogP contribution >= 0.6 is 0 Å². The summed E-state index contributed by atoms with van der Waals surface area (Å²) < 4.78 is 44.4. The average Bonchev–Trinajstić information content (AvgIpc) is 3.94. The standard InChI is InChI=1S/C37H49N5O10S/c1-9-22-19-37(22,32(45)41-53(48,49)24-15-16-24)40-30(43)27-18-23(20-42(27)31(44)29(35(3,4)5)39-34(47)52-36(6,7)8)51-33(46)38-26-13-11-10-12-25(26)28-17-14-21(2)50-28/h9-14,17,22-24,27,29H,1,15-16,18-20H2,2-8H3,(H,38,46)(H,39,47)(H,40,43)(H,41,45)/t22?,23-,27+,29-,37-/m1/s1. The molecular weight excluding hydrogens is 706 g/mol. The number of carbonyl (C=O) groups is 5. The summed E-state index contributed by atoms with van der Waals surface area (Å²) >= 11 is 0. The van der Waals surface area contributed by atoms with E-state index in [2.05, 4.69) is 27.3 Å². The summed E-state index contributed by atoms with van der Waals surface area (Å²) in [6.45, 7) is 15.5. The van der Waals surface area contributed by atoms with E-state index >= 15 is 0 Å². The van der Waals surface area contributed by atoms with Gasteiger partial charge in [0.05, 0.1) is 17.5 Å². The van der Waals surface area contributed by atoms with Gasteiger partial charge in [0.25, 0.3) is 5.91 Å². The van der Waals surface area contributed by atoms with Crippen molar-refractivity contribution in [3.05, 3.63) is 54.8 Å². The number of hydrogen-bond acceptors (Lipinski definition) is 10. The van der Waals surface area contributed by atoms with Crippen LogP contribution in [0.3, 0.4) is 0 Å². The number of furan rings is 1. The van der Waals surface area contributed by atoms with E-state index in [0.29, 0.717) is 35.6 Å². The van der Waals surface area contributed by atoms with Crippen LogP contribution in [0.5, 0.6) is 0 Å². The van der Waals surface area contributed by atoms with Gasteiger partial charge in [-0.05, 0) is 76.6 Å². The first kappa shape index (κ1) is 39.3. The number of alkyl carbamates (subject to hydrolysis) is 1. The SMILES string of the molecule is C=CC1C[C@]1(NC(=O)[C@@H]1C[C@@H](OC(=O)Nc2ccccc2-c2ccc(C)o2)CN1C(=O)[C@@H](NC(=O)OC(C)(C)C)C(C)(C)C)C(=O)NS(=O)(=O)C1CC1. The highest BCUT2D eigenvalue weighted by molar-refractivity contribution is 7.91. The lowest BCUT2D eigenvalue weighted by molar-refractivity contribution is -0.143. The van der Waals surface area contributed by atoms with Crippen LogP contribution in [0.4, 0.5) is 15.3 Å². The van der Waals surface area contributed by atoms with Gasteiger partial charge in [0.15, 0.2) is 0 Å². The topological polar surface area (TPSA) is 202 Å². The number of amides is 5. The average molecular weight is 756 g/mol. The number of rotatable bonds is 11. The van der Waals surface area contributed by atoms with Crippen molar-refractivity contribution in [2.24, 2.45) is 11.3 Å². The van der Waals surface area contributed by atoms with E-state index in [1.807, 2.05) is 0 Å². The largest absolute Gasteiger partial charge is 0.461 e. The van der Waals surface area contributed by atoms with Gasteiger partial charge < -0.3 is 29.4 Å². The fourth-order valence-corrected chi connectivity index (χ4v) is 7.67. The Morgan fingerprint density at radius 2 is 1.70 bits per heavy atom. The molecule has 0 radical (unpaired) electrons. The van der Waals surface area contributed by atoms with Gasteiger partial charge >= 0.3 is 12.2 Å². The number of nitrogens with zero attached hydrogens (tertiary/aromatic N) is 1. The van der Waals surface area contributed by atoms with E-state index in [9.17, 15) is 32.4 Å². The van der Waals surface area contributed by atoms with Gasteiger partial charge in [-0.2, -0.15) is 0 Å². The molecule has 1 aliphatic heterocycles. The highest BCUT2D eigenvalue weighted by Gasteiger charge is 2.62. The minimum Gasteiger partial charge on any atom is -0.461 e. The van der Waals surface area contributed by atoms with Crippen molar-refractivity contribution in [2.45, 2.75) is 109 Å². The lowest BCUT2D eigenvalue weighted by Gasteiger charge is -2.36. The Labute approximate surface area is 309 Å². The molecule has 1 aromatic heterocycles. The van der Waals surface area contributed by atoms with Gasteiger partial charge in [0.1, 0.15) is 40.8 Å². The molecular formula is C37H49N5O10S. The third-order valence-electron chi connectivity index (χ3n) is 9.31. The molecule has 2 heterocycles. The molecule has 0 bridgehead atoms. The monoisotopic (exact) mass is 755 g/mol. The third kappa shape index (κ3) is 9.21. The molecule has 1 aromatic carbocycles. The van der Waals surface area contributed by atoms with Crippen LogP contribution < -0.4 is 20.7 Å². The van der Waals surface area contributed by atoms with Crippen LogP contribution in [-0.2, 0) is 33.9 Å². The van der Waals surface area contributed by atoms with Gasteiger partial charge in [0.2, 0.25) is 21.8 Å². The first-order valence-electron chi connectivity index (χ1n) is 17.6. The van der Waals surface area contributed by atoms with Gasteiger partial charge in [-0.3, -0.25) is 24.4 Å². The number of ether oxygens (including phenoxy) is 2. The Balaban J connectivity index is 1.39. The molecule has 0 spiro atoms. The van der Waals surface area contributed by atoms with Crippen LogP contribution in [-0.4, -0.2) is 84.3 Å². The van der Waals surface area contributed by atoms with Crippen molar-refractivity contribution in [1.82, 2.24) is 20.3 Å². The summed E-state index contributed by atoms with van der Waals surface area (Å²) in [6.07, 6.45) is -0.441.